The summed E-state index contributed by atoms with van der Waals surface area (Å²) in [5.74, 6) is 0.0717. The van der Waals surface area contributed by atoms with E-state index in [0.29, 0.717) is 38.9 Å². The summed E-state index contributed by atoms with van der Waals surface area (Å²) in [5.41, 5.74) is 4.23. The largest absolute Gasteiger partial charge is 0.381 e. The fraction of sp³-hybridized carbons (Fsp3) is 0.684. The van der Waals surface area contributed by atoms with Crippen molar-refractivity contribution < 1.29 is 21.6 Å². The van der Waals surface area contributed by atoms with Gasteiger partial charge in [-0.15, -0.1) is 25.3 Å². The van der Waals surface area contributed by atoms with Crippen LogP contribution in [-0.2, 0) is 50.7 Å². The van der Waals surface area contributed by atoms with Crippen molar-refractivity contribution in [2.75, 3.05) is 24.7 Å². The van der Waals surface area contributed by atoms with Gasteiger partial charge in [0.15, 0.2) is 0 Å². The maximum absolute atomic E-state index is 12.5. The maximum atomic E-state index is 12.5. The molecule has 49 heavy (non-hydrogen) atoms. The second-order valence-electron chi connectivity index (χ2n) is 13.3. The topological polar surface area (TPSA) is 102 Å². The number of sulfonamides is 2. The van der Waals surface area contributed by atoms with Crippen molar-refractivity contribution in [2.45, 2.75) is 152 Å². The molecule has 2 aromatic rings. The van der Waals surface area contributed by atoms with Crippen molar-refractivity contribution in [3.63, 3.8) is 0 Å². The number of unbranched alkanes of at least 4 members (excludes halogenated alkanes) is 12. The van der Waals surface area contributed by atoms with Crippen LogP contribution in [0.15, 0.2) is 46.2 Å². The zero-order chi connectivity index (χ0) is 35.8. The van der Waals surface area contributed by atoms with Gasteiger partial charge < -0.3 is 4.74 Å². The molecule has 0 fully saturated rings. The summed E-state index contributed by atoms with van der Waals surface area (Å²) in [4.78, 5) is 1.64. The Bertz CT molecular complexity index is 1300. The van der Waals surface area contributed by atoms with Crippen LogP contribution >= 0.6 is 25.3 Å². The average molecular weight is 757 g/mol. The van der Waals surface area contributed by atoms with Crippen LogP contribution in [0.1, 0.15) is 139 Å². The van der Waals surface area contributed by atoms with E-state index in [1.54, 1.807) is 0 Å². The van der Waals surface area contributed by atoms with Crippen molar-refractivity contribution in [1.82, 2.24) is 9.44 Å². The van der Waals surface area contributed by atoms with Crippen LogP contribution in [0.4, 0.5) is 0 Å². The number of nitrogens with one attached hydrogen (secondary N) is 2. The van der Waals surface area contributed by atoms with Gasteiger partial charge >= 0.3 is 0 Å². The smallest absolute Gasteiger partial charge is 0.211 e. The number of hydrogen-bond donors (Lipinski definition) is 4. The molecular weight excluding hydrogens is 693 g/mol. The third-order valence-corrected chi connectivity index (χ3v) is 12.5. The lowest BCUT2D eigenvalue weighted by Gasteiger charge is -2.11. The predicted octanol–water partition coefficient (Wildman–Crippen LogP) is 9.19. The lowest BCUT2D eigenvalue weighted by molar-refractivity contribution is 0.128. The Labute approximate surface area is 310 Å². The van der Waals surface area contributed by atoms with Crippen LogP contribution in [0.5, 0.6) is 0 Å². The van der Waals surface area contributed by atoms with Crippen LogP contribution in [0.3, 0.4) is 0 Å². The molecule has 280 valence electrons. The number of hydrogen-bond acceptors (Lipinski definition) is 7. The van der Waals surface area contributed by atoms with Crippen LogP contribution in [-0.4, -0.2) is 41.6 Å². The van der Waals surface area contributed by atoms with Gasteiger partial charge in [-0.2, -0.15) is 0 Å². The van der Waals surface area contributed by atoms with Crippen molar-refractivity contribution >= 4 is 45.3 Å². The first-order valence-corrected chi connectivity index (χ1v) is 22.9. The van der Waals surface area contributed by atoms with Crippen molar-refractivity contribution in [3.05, 3.63) is 58.7 Å². The average Bonchev–Trinajstić information content (AvgIpc) is 3.06. The Hall–Kier alpha value is -1.08. The fourth-order valence-electron chi connectivity index (χ4n) is 5.66. The molecule has 0 amide bonds. The Morgan fingerprint density at radius 1 is 0.531 bits per heavy atom. The zero-order valence-corrected chi connectivity index (χ0v) is 33.6. The molecule has 0 aliphatic heterocycles. The van der Waals surface area contributed by atoms with Gasteiger partial charge in [0.2, 0.25) is 20.0 Å². The minimum absolute atomic E-state index is 0.0359. The highest BCUT2D eigenvalue weighted by molar-refractivity contribution is 7.89. The van der Waals surface area contributed by atoms with Gasteiger partial charge in [-0.1, -0.05) is 102 Å². The number of aryl methyl sites for hydroxylation is 2. The van der Waals surface area contributed by atoms with Gasteiger partial charge in [-0.3, -0.25) is 0 Å². The summed E-state index contributed by atoms with van der Waals surface area (Å²) in [7, 11) is -6.81. The summed E-state index contributed by atoms with van der Waals surface area (Å²) < 4.78 is 61.1. The number of rotatable bonds is 30. The molecule has 0 saturated carbocycles. The first-order valence-electron chi connectivity index (χ1n) is 18.7. The van der Waals surface area contributed by atoms with E-state index in [2.05, 4.69) is 72.8 Å². The molecule has 0 heterocycles. The number of benzene rings is 2. The summed E-state index contributed by atoms with van der Waals surface area (Å²) in [6, 6.07) is 12.2. The predicted molar refractivity (Wildman–Crippen MR) is 212 cm³/mol. The molecule has 0 saturated heterocycles. The number of thiol groups is 2. The lowest BCUT2D eigenvalue weighted by atomic mass is 10.0. The van der Waals surface area contributed by atoms with E-state index in [0.717, 1.165) is 33.8 Å². The molecule has 0 radical (unpaired) electrons. The molecule has 0 unspecified atom stereocenters. The fourth-order valence-corrected chi connectivity index (χ4v) is 8.51. The molecule has 0 spiro atoms. The van der Waals surface area contributed by atoms with Crippen LogP contribution in [0, 0.1) is 0 Å². The van der Waals surface area contributed by atoms with Crippen molar-refractivity contribution in [1.29, 1.82) is 0 Å². The third kappa shape index (κ3) is 21.1. The lowest BCUT2D eigenvalue weighted by Crippen LogP contribution is -2.26. The normalized spacial score (nSPS) is 12.2. The van der Waals surface area contributed by atoms with E-state index < -0.39 is 20.0 Å². The molecule has 0 atom stereocenters. The van der Waals surface area contributed by atoms with Gasteiger partial charge in [0.1, 0.15) is 0 Å². The van der Waals surface area contributed by atoms with Crippen LogP contribution in [0.2, 0.25) is 0 Å². The minimum Gasteiger partial charge on any atom is -0.381 e. The molecule has 0 aliphatic carbocycles. The van der Waals surface area contributed by atoms with Crippen LogP contribution in [0.25, 0.3) is 0 Å². The molecule has 0 aliphatic rings. The van der Waals surface area contributed by atoms with Gasteiger partial charge in [0.25, 0.3) is 0 Å². The summed E-state index contributed by atoms with van der Waals surface area (Å²) >= 11 is 9.19. The van der Waals surface area contributed by atoms with E-state index >= 15 is 0 Å². The third-order valence-electron chi connectivity index (χ3n) is 8.81. The summed E-state index contributed by atoms with van der Waals surface area (Å²) in [5, 5.41) is 0. The Kier molecular flexibility index (Phi) is 23.2. The monoisotopic (exact) mass is 756 g/mol. The molecule has 2 N–H and O–H groups in total. The summed E-state index contributed by atoms with van der Waals surface area (Å²) in [6.07, 6.45) is 19.4. The maximum Gasteiger partial charge on any atom is 0.211 e. The molecular formula is C38H64N2O5S4. The molecule has 11 heteroatoms. The SMILES string of the molecule is CCCCCCCCc1ccc(CNS(=O)(=O)CCCCOCCCCS(=O)(=O)NCc2ccc(CCCCCCCC)cc2S)c(S)c1. The van der Waals surface area contributed by atoms with Crippen molar-refractivity contribution in [3.8, 4) is 0 Å². The Morgan fingerprint density at radius 3 is 1.31 bits per heavy atom. The first-order chi connectivity index (χ1) is 23.5. The zero-order valence-electron chi connectivity index (χ0n) is 30.2. The Morgan fingerprint density at radius 2 is 0.918 bits per heavy atom. The molecule has 0 bridgehead atoms. The quantitative estimate of drug-likeness (QED) is 0.0471. The van der Waals surface area contributed by atoms with Gasteiger partial charge in [0.05, 0.1) is 11.5 Å². The minimum atomic E-state index is -3.41. The van der Waals surface area contributed by atoms with E-state index in [-0.39, 0.29) is 24.6 Å². The van der Waals surface area contributed by atoms with E-state index in [1.807, 2.05) is 12.1 Å². The number of ether oxygens (including phenoxy) is 1. The van der Waals surface area contributed by atoms with E-state index in [4.69, 9.17) is 4.74 Å². The van der Waals surface area contributed by atoms with E-state index in [9.17, 15) is 16.8 Å². The van der Waals surface area contributed by atoms with Crippen molar-refractivity contribution in [2.24, 2.45) is 0 Å². The molecule has 2 rings (SSSR count). The standard InChI is InChI=1S/C38H64N2O5S4/c1-3-5-7-9-11-13-19-33-21-23-35(37(46)29-33)31-39-48(41,42)27-17-15-25-45-26-16-18-28-49(43,44)40-32-36-24-22-34(30-38(36)47)20-14-12-10-8-6-4-2/h21-24,29-30,39-40,46-47H,3-20,25-28,31-32H2,1-2H3. The van der Waals surface area contributed by atoms with Gasteiger partial charge in [-0.05, 0) is 85.8 Å². The van der Waals surface area contributed by atoms with Gasteiger partial charge in [-0.25, -0.2) is 26.3 Å². The Balaban J connectivity index is 1.53. The van der Waals surface area contributed by atoms with E-state index in [1.165, 1.54) is 88.2 Å². The molecule has 7 nitrogen and oxygen atoms in total. The highest BCUT2D eigenvalue weighted by Gasteiger charge is 2.13. The second-order valence-corrected chi connectivity index (χ2v) is 18.1. The van der Waals surface area contributed by atoms with Crippen LogP contribution < -0.4 is 9.44 Å². The summed E-state index contributed by atoms with van der Waals surface area (Å²) in [6.45, 7) is 5.81. The highest BCUT2D eigenvalue weighted by atomic mass is 32.2. The second kappa shape index (κ2) is 25.8. The highest BCUT2D eigenvalue weighted by Crippen LogP contribution is 2.20. The molecule has 0 aromatic heterocycles. The van der Waals surface area contributed by atoms with Gasteiger partial charge in [0, 0.05) is 36.1 Å². The molecule has 2 aromatic carbocycles. The first kappa shape index (κ1) is 44.1.